The fourth-order valence-electron chi connectivity index (χ4n) is 2.76. The SMILES string of the molecule is CC1CCn2c(nnc2C2CCSCC2)C1. The van der Waals surface area contributed by atoms with E-state index >= 15 is 0 Å². The van der Waals surface area contributed by atoms with Gasteiger partial charge in [-0.2, -0.15) is 11.8 Å². The standard InChI is InChI=1S/C12H19N3S/c1-9-2-5-15-11(8-9)13-14-12(15)10-3-6-16-7-4-10/h9-10H,2-8H2,1H3. The molecule has 1 atom stereocenters. The molecule has 0 saturated carbocycles. The molecular weight excluding hydrogens is 218 g/mol. The summed E-state index contributed by atoms with van der Waals surface area (Å²) in [6.07, 6.45) is 4.99. The van der Waals surface area contributed by atoms with Gasteiger partial charge in [0.05, 0.1) is 0 Å². The van der Waals surface area contributed by atoms with Crippen LogP contribution in [-0.4, -0.2) is 26.3 Å². The second-order valence-corrected chi connectivity index (χ2v) is 6.34. The van der Waals surface area contributed by atoms with E-state index in [4.69, 9.17) is 0 Å². The number of hydrogen-bond acceptors (Lipinski definition) is 3. The molecule has 0 aromatic carbocycles. The lowest BCUT2D eigenvalue weighted by Crippen LogP contribution is -2.21. The minimum absolute atomic E-state index is 0.677. The van der Waals surface area contributed by atoms with Gasteiger partial charge in [-0.1, -0.05) is 6.92 Å². The molecule has 2 aliphatic rings. The Kier molecular flexibility index (Phi) is 2.92. The molecule has 1 aromatic heterocycles. The van der Waals surface area contributed by atoms with E-state index in [1.54, 1.807) is 0 Å². The zero-order valence-corrected chi connectivity index (χ0v) is 10.7. The summed E-state index contributed by atoms with van der Waals surface area (Å²) in [6, 6.07) is 0. The van der Waals surface area contributed by atoms with Gasteiger partial charge in [0.25, 0.3) is 0 Å². The number of thioether (sulfide) groups is 1. The Morgan fingerprint density at radius 3 is 2.81 bits per heavy atom. The van der Waals surface area contributed by atoms with Gasteiger partial charge < -0.3 is 4.57 Å². The second kappa shape index (κ2) is 4.40. The lowest BCUT2D eigenvalue weighted by molar-refractivity contribution is 0.394. The van der Waals surface area contributed by atoms with Crippen LogP contribution in [0.1, 0.15) is 43.8 Å². The number of fused-ring (bicyclic) bond motifs is 1. The van der Waals surface area contributed by atoms with Crippen LogP contribution in [0.3, 0.4) is 0 Å². The Labute approximate surface area is 101 Å². The topological polar surface area (TPSA) is 30.7 Å². The van der Waals surface area contributed by atoms with Crippen molar-refractivity contribution >= 4 is 11.8 Å². The third-order valence-corrected chi connectivity index (χ3v) is 4.87. The van der Waals surface area contributed by atoms with E-state index in [0.717, 1.165) is 18.9 Å². The summed E-state index contributed by atoms with van der Waals surface area (Å²) in [5, 5.41) is 8.85. The molecule has 3 nitrogen and oxygen atoms in total. The second-order valence-electron chi connectivity index (χ2n) is 5.11. The molecule has 0 aliphatic carbocycles. The molecular formula is C12H19N3S. The van der Waals surface area contributed by atoms with Crippen molar-refractivity contribution < 1.29 is 0 Å². The van der Waals surface area contributed by atoms with E-state index in [9.17, 15) is 0 Å². The predicted octanol–water partition coefficient (Wildman–Crippen LogP) is 2.47. The van der Waals surface area contributed by atoms with E-state index in [2.05, 4.69) is 33.5 Å². The summed E-state index contributed by atoms with van der Waals surface area (Å²) in [5.41, 5.74) is 0. The van der Waals surface area contributed by atoms with Gasteiger partial charge in [0.2, 0.25) is 0 Å². The molecule has 1 unspecified atom stereocenters. The first-order valence-corrected chi connectivity index (χ1v) is 7.50. The Balaban J connectivity index is 1.85. The number of nitrogens with zero attached hydrogens (tertiary/aromatic N) is 3. The van der Waals surface area contributed by atoms with Gasteiger partial charge in [0.15, 0.2) is 0 Å². The van der Waals surface area contributed by atoms with Crippen LogP contribution in [0.2, 0.25) is 0 Å². The Bertz CT molecular complexity index is 368. The van der Waals surface area contributed by atoms with Crippen LogP contribution in [0.4, 0.5) is 0 Å². The summed E-state index contributed by atoms with van der Waals surface area (Å²) >= 11 is 2.08. The van der Waals surface area contributed by atoms with Gasteiger partial charge in [0, 0.05) is 18.9 Å². The average molecular weight is 237 g/mol. The van der Waals surface area contributed by atoms with Gasteiger partial charge >= 0.3 is 0 Å². The minimum Gasteiger partial charge on any atom is -0.315 e. The first kappa shape index (κ1) is 10.6. The Morgan fingerprint density at radius 2 is 2.00 bits per heavy atom. The summed E-state index contributed by atoms with van der Waals surface area (Å²) in [7, 11) is 0. The van der Waals surface area contributed by atoms with Crippen molar-refractivity contribution in [1.82, 2.24) is 14.8 Å². The molecule has 2 aliphatic heterocycles. The zero-order valence-electron chi connectivity index (χ0n) is 9.85. The third-order valence-electron chi connectivity index (χ3n) is 3.82. The summed E-state index contributed by atoms with van der Waals surface area (Å²) < 4.78 is 2.40. The zero-order chi connectivity index (χ0) is 11.0. The minimum atomic E-state index is 0.677. The quantitative estimate of drug-likeness (QED) is 0.752. The highest BCUT2D eigenvalue weighted by Crippen LogP contribution is 2.32. The predicted molar refractivity (Wildman–Crippen MR) is 66.8 cm³/mol. The Morgan fingerprint density at radius 1 is 1.19 bits per heavy atom. The molecule has 0 N–H and O–H groups in total. The fourth-order valence-corrected chi connectivity index (χ4v) is 3.87. The lowest BCUT2D eigenvalue weighted by atomic mass is 9.98. The van der Waals surface area contributed by atoms with Crippen LogP contribution in [0.5, 0.6) is 0 Å². The van der Waals surface area contributed by atoms with Crippen molar-refractivity contribution in [3.05, 3.63) is 11.6 Å². The first-order valence-electron chi connectivity index (χ1n) is 6.34. The van der Waals surface area contributed by atoms with Crippen LogP contribution >= 0.6 is 11.8 Å². The lowest BCUT2D eigenvalue weighted by Gasteiger charge is -2.25. The molecule has 1 fully saturated rings. The van der Waals surface area contributed by atoms with E-state index in [0.29, 0.717) is 5.92 Å². The average Bonchev–Trinajstić information content (AvgIpc) is 2.73. The van der Waals surface area contributed by atoms with Gasteiger partial charge in [-0.05, 0) is 36.7 Å². The first-order chi connectivity index (χ1) is 7.84. The molecule has 16 heavy (non-hydrogen) atoms. The number of aromatic nitrogens is 3. The van der Waals surface area contributed by atoms with E-state index < -0.39 is 0 Å². The van der Waals surface area contributed by atoms with Crippen molar-refractivity contribution in [3.8, 4) is 0 Å². The largest absolute Gasteiger partial charge is 0.315 e. The summed E-state index contributed by atoms with van der Waals surface area (Å²) in [4.78, 5) is 0. The maximum Gasteiger partial charge on any atom is 0.136 e. The number of rotatable bonds is 1. The maximum absolute atomic E-state index is 4.46. The molecule has 4 heteroatoms. The molecule has 3 rings (SSSR count). The highest BCUT2D eigenvalue weighted by molar-refractivity contribution is 7.99. The molecule has 1 aromatic rings. The van der Waals surface area contributed by atoms with Gasteiger partial charge in [-0.3, -0.25) is 0 Å². The van der Waals surface area contributed by atoms with Crippen LogP contribution in [0.15, 0.2) is 0 Å². The van der Waals surface area contributed by atoms with Gasteiger partial charge in [0.1, 0.15) is 11.6 Å². The van der Waals surface area contributed by atoms with Crippen molar-refractivity contribution in [1.29, 1.82) is 0 Å². The number of hydrogen-bond donors (Lipinski definition) is 0. The molecule has 0 spiro atoms. The Hall–Kier alpha value is -0.510. The summed E-state index contributed by atoms with van der Waals surface area (Å²) in [6.45, 7) is 3.46. The van der Waals surface area contributed by atoms with Crippen LogP contribution in [-0.2, 0) is 13.0 Å². The van der Waals surface area contributed by atoms with Crippen LogP contribution < -0.4 is 0 Å². The summed E-state index contributed by atoms with van der Waals surface area (Å²) in [5.74, 6) is 6.56. The molecule has 0 amide bonds. The van der Waals surface area contributed by atoms with Crippen LogP contribution in [0, 0.1) is 5.92 Å². The third kappa shape index (κ3) is 1.88. The monoisotopic (exact) mass is 237 g/mol. The molecule has 1 saturated heterocycles. The molecule has 88 valence electrons. The van der Waals surface area contributed by atoms with E-state index in [-0.39, 0.29) is 0 Å². The van der Waals surface area contributed by atoms with Crippen molar-refractivity contribution in [2.45, 2.75) is 45.1 Å². The van der Waals surface area contributed by atoms with Crippen molar-refractivity contribution in [2.75, 3.05) is 11.5 Å². The highest BCUT2D eigenvalue weighted by Gasteiger charge is 2.26. The van der Waals surface area contributed by atoms with Gasteiger partial charge in [-0.25, -0.2) is 0 Å². The van der Waals surface area contributed by atoms with Crippen molar-refractivity contribution in [3.63, 3.8) is 0 Å². The highest BCUT2D eigenvalue weighted by atomic mass is 32.2. The van der Waals surface area contributed by atoms with Crippen LogP contribution in [0.25, 0.3) is 0 Å². The smallest absolute Gasteiger partial charge is 0.136 e. The molecule has 3 heterocycles. The normalized spacial score (nSPS) is 26.7. The molecule has 0 radical (unpaired) electrons. The maximum atomic E-state index is 4.46. The van der Waals surface area contributed by atoms with E-state index in [1.165, 1.54) is 42.4 Å². The van der Waals surface area contributed by atoms with E-state index in [1.807, 2.05) is 0 Å². The fraction of sp³-hybridized carbons (Fsp3) is 0.833. The van der Waals surface area contributed by atoms with Gasteiger partial charge in [-0.15, -0.1) is 10.2 Å². The van der Waals surface area contributed by atoms with Crippen molar-refractivity contribution in [2.24, 2.45) is 5.92 Å². The molecule has 0 bridgehead atoms.